The summed E-state index contributed by atoms with van der Waals surface area (Å²) in [6, 6.07) is 21.1. The number of pyridine rings is 1. The van der Waals surface area contributed by atoms with E-state index in [2.05, 4.69) is 0 Å². The van der Waals surface area contributed by atoms with Crippen LogP contribution in [-0.2, 0) is 10.0 Å². The highest BCUT2D eigenvalue weighted by molar-refractivity contribution is 7.89. The Labute approximate surface area is 214 Å². The first-order valence-electron chi connectivity index (χ1n) is 11.5. The van der Waals surface area contributed by atoms with Gasteiger partial charge in [0.05, 0.1) is 4.90 Å². The van der Waals surface area contributed by atoms with E-state index >= 15 is 0 Å². The van der Waals surface area contributed by atoms with Crippen LogP contribution >= 0.6 is 11.6 Å². The standard InChI is InChI=1S/C27H24ClN3O4S/c1-19-16-24(10-11-31(19)33)20-2-4-21(5-3-20)27(32)29-12-14-30(15-13-29)36(34,35)26-9-7-22-17-25(28)8-6-23(22)18-26/h2-11,16-18H,12-15H2,1H3. The molecule has 5 rings (SSSR count). The van der Waals surface area contributed by atoms with Gasteiger partial charge in [-0.3, -0.25) is 4.79 Å². The van der Waals surface area contributed by atoms with Crippen molar-refractivity contribution in [1.82, 2.24) is 9.21 Å². The van der Waals surface area contributed by atoms with E-state index in [-0.39, 0.29) is 23.9 Å². The third kappa shape index (κ3) is 4.67. The average molecular weight is 522 g/mol. The Balaban J connectivity index is 1.26. The number of nitrogens with zero attached hydrogens (tertiary/aromatic N) is 3. The lowest BCUT2D eigenvalue weighted by atomic mass is 10.0. The SMILES string of the molecule is Cc1cc(-c2ccc(C(=O)N3CCN(S(=O)(=O)c4ccc5cc(Cl)ccc5c4)CC3)cc2)cc[n+]1[O-]. The van der Waals surface area contributed by atoms with Gasteiger partial charge in [-0.25, -0.2) is 8.42 Å². The fourth-order valence-corrected chi connectivity index (χ4v) is 6.04. The predicted molar refractivity (Wildman–Crippen MR) is 139 cm³/mol. The summed E-state index contributed by atoms with van der Waals surface area (Å²) >= 11 is 6.03. The van der Waals surface area contributed by atoms with Crippen LogP contribution in [0, 0.1) is 12.1 Å². The molecule has 0 N–H and O–H groups in total. The summed E-state index contributed by atoms with van der Waals surface area (Å²) in [6.45, 7) is 2.81. The molecule has 1 aliphatic rings. The summed E-state index contributed by atoms with van der Waals surface area (Å²) in [4.78, 5) is 15.0. The molecule has 0 aliphatic carbocycles. The largest absolute Gasteiger partial charge is 0.619 e. The molecule has 4 aromatic rings. The zero-order chi connectivity index (χ0) is 25.4. The van der Waals surface area contributed by atoms with Gasteiger partial charge in [0.1, 0.15) is 0 Å². The molecule has 0 saturated carbocycles. The van der Waals surface area contributed by atoms with Gasteiger partial charge in [-0.05, 0) is 58.3 Å². The van der Waals surface area contributed by atoms with Crippen molar-refractivity contribution >= 4 is 38.3 Å². The first-order valence-corrected chi connectivity index (χ1v) is 13.3. The van der Waals surface area contributed by atoms with Gasteiger partial charge in [0.25, 0.3) is 5.91 Å². The van der Waals surface area contributed by atoms with Crippen molar-refractivity contribution in [2.24, 2.45) is 0 Å². The molecule has 1 aromatic heterocycles. The monoisotopic (exact) mass is 521 g/mol. The van der Waals surface area contributed by atoms with E-state index in [4.69, 9.17) is 11.6 Å². The second kappa shape index (κ2) is 9.54. The number of halogens is 1. The normalized spacial score (nSPS) is 14.8. The Hall–Kier alpha value is -3.46. The second-order valence-corrected chi connectivity index (χ2v) is 11.2. The summed E-state index contributed by atoms with van der Waals surface area (Å²) in [7, 11) is -3.68. The predicted octanol–water partition coefficient (Wildman–Crippen LogP) is 4.25. The zero-order valence-corrected chi connectivity index (χ0v) is 21.2. The maximum absolute atomic E-state index is 13.2. The molecule has 3 aromatic carbocycles. The molecule has 36 heavy (non-hydrogen) atoms. The Morgan fingerprint density at radius 1 is 0.861 bits per heavy atom. The van der Waals surface area contributed by atoms with Gasteiger partial charge in [0, 0.05) is 55.8 Å². The third-order valence-electron chi connectivity index (χ3n) is 6.50. The molecule has 1 aliphatic heterocycles. The fourth-order valence-electron chi connectivity index (χ4n) is 4.41. The van der Waals surface area contributed by atoms with E-state index in [9.17, 15) is 18.4 Å². The molecule has 184 valence electrons. The Morgan fingerprint density at radius 2 is 1.53 bits per heavy atom. The summed E-state index contributed by atoms with van der Waals surface area (Å²) in [5, 5.41) is 13.8. The van der Waals surface area contributed by atoms with Crippen LogP contribution in [0.5, 0.6) is 0 Å². The van der Waals surface area contributed by atoms with Crippen molar-refractivity contribution in [2.45, 2.75) is 11.8 Å². The van der Waals surface area contributed by atoms with Gasteiger partial charge >= 0.3 is 0 Å². The lowest BCUT2D eigenvalue weighted by Crippen LogP contribution is -2.50. The Bertz CT molecular complexity index is 1560. The van der Waals surface area contributed by atoms with E-state index in [1.54, 1.807) is 72.5 Å². The van der Waals surface area contributed by atoms with Gasteiger partial charge in [-0.2, -0.15) is 9.04 Å². The number of amides is 1. The minimum absolute atomic E-state index is 0.136. The van der Waals surface area contributed by atoms with E-state index in [1.807, 2.05) is 12.1 Å². The summed E-state index contributed by atoms with van der Waals surface area (Å²) in [5.74, 6) is -0.136. The van der Waals surface area contributed by atoms with E-state index in [0.717, 1.165) is 26.6 Å². The van der Waals surface area contributed by atoms with Gasteiger partial charge in [-0.15, -0.1) is 0 Å². The van der Waals surface area contributed by atoms with E-state index in [1.165, 1.54) is 10.5 Å². The minimum Gasteiger partial charge on any atom is -0.619 e. The molecule has 1 saturated heterocycles. The molecule has 7 nitrogen and oxygen atoms in total. The topological polar surface area (TPSA) is 84.6 Å². The molecule has 0 atom stereocenters. The van der Waals surface area contributed by atoms with Crippen LogP contribution in [-0.4, -0.2) is 49.7 Å². The summed E-state index contributed by atoms with van der Waals surface area (Å²) in [6.07, 6.45) is 1.46. The smallest absolute Gasteiger partial charge is 0.253 e. The number of benzene rings is 3. The first-order chi connectivity index (χ1) is 17.2. The van der Waals surface area contributed by atoms with Gasteiger partial charge in [0.2, 0.25) is 10.0 Å². The molecule has 0 radical (unpaired) electrons. The first kappa shape index (κ1) is 24.2. The number of carbonyl (C=O) groups excluding carboxylic acids is 1. The number of hydrogen-bond donors (Lipinski definition) is 0. The highest BCUT2D eigenvalue weighted by Gasteiger charge is 2.30. The number of aromatic nitrogens is 1. The number of fused-ring (bicyclic) bond motifs is 1. The number of aryl methyl sites for hydroxylation is 1. The number of rotatable bonds is 4. The van der Waals surface area contributed by atoms with Crippen molar-refractivity contribution < 1.29 is 17.9 Å². The zero-order valence-electron chi connectivity index (χ0n) is 19.6. The lowest BCUT2D eigenvalue weighted by molar-refractivity contribution is -0.612. The Morgan fingerprint density at radius 3 is 2.22 bits per heavy atom. The molecule has 9 heteroatoms. The molecule has 0 unspecified atom stereocenters. The minimum atomic E-state index is -3.68. The third-order valence-corrected chi connectivity index (χ3v) is 8.63. The summed E-state index contributed by atoms with van der Waals surface area (Å²) in [5.41, 5.74) is 2.93. The van der Waals surface area contributed by atoms with Crippen molar-refractivity contribution in [3.63, 3.8) is 0 Å². The van der Waals surface area contributed by atoms with Crippen LogP contribution in [0.25, 0.3) is 21.9 Å². The van der Waals surface area contributed by atoms with Gasteiger partial charge in [-0.1, -0.05) is 35.9 Å². The second-order valence-electron chi connectivity index (χ2n) is 8.81. The van der Waals surface area contributed by atoms with Crippen LogP contribution in [0.3, 0.4) is 0 Å². The molecular formula is C27H24ClN3O4S. The van der Waals surface area contributed by atoms with E-state index in [0.29, 0.717) is 29.4 Å². The lowest BCUT2D eigenvalue weighted by Gasteiger charge is -2.34. The van der Waals surface area contributed by atoms with Crippen LogP contribution in [0.2, 0.25) is 5.02 Å². The van der Waals surface area contributed by atoms with Crippen LogP contribution < -0.4 is 4.73 Å². The quantitative estimate of drug-likeness (QED) is 0.297. The molecule has 0 spiro atoms. The number of hydrogen-bond acceptors (Lipinski definition) is 4. The van der Waals surface area contributed by atoms with Crippen molar-refractivity contribution in [2.75, 3.05) is 26.2 Å². The number of carbonyl (C=O) groups is 1. The van der Waals surface area contributed by atoms with Crippen LogP contribution in [0.1, 0.15) is 16.1 Å². The van der Waals surface area contributed by atoms with Crippen molar-refractivity contribution in [3.8, 4) is 11.1 Å². The molecule has 0 bridgehead atoms. The maximum Gasteiger partial charge on any atom is 0.253 e. The average Bonchev–Trinajstić information content (AvgIpc) is 2.89. The van der Waals surface area contributed by atoms with Crippen LogP contribution in [0.4, 0.5) is 0 Å². The highest BCUT2D eigenvalue weighted by atomic mass is 35.5. The van der Waals surface area contributed by atoms with E-state index < -0.39 is 10.0 Å². The molecular weight excluding hydrogens is 498 g/mol. The van der Waals surface area contributed by atoms with Crippen LogP contribution in [0.15, 0.2) is 83.9 Å². The van der Waals surface area contributed by atoms with Gasteiger partial charge < -0.3 is 10.1 Å². The van der Waals surface area contributed by atoms with Gasteiger partial charge in [0.15, 0.2) is 11.9 Å². The highest BCUT2D eigenvalue weighted by Crippen LogP contribution is 2.26. The Kier molecular flexibility index (Phi) is 6.42. The molecule has 2 heterocycles. The number of sulfonamides is 1. The fraction of sp³-hybridized carbons (Fsp3) is 0.185. The van der Waals surface area contributed by atoms with Crippen molar-refractivity contribution in [1.29, 1.82) is 0 Å². The van der Waals surface area contributed by atoms with Crippen molar-refractivity contribution in [3.05, 3.63) is 100 Å². The molecule has 1 fully saturated rings. The summed E-state index contributed by atoms with van der Waals surface area (Å²) < 4.78 is 28.7. The molecule has 1 amide bonds. The maximum atomic E-state index is 13.2. The number of piperazine rings is 1.